The summed E-state index contributed by atoms with van der Waals surface area (Å²) in [6.07, 6.45) is 3.86. The van der Waals surface area contributed by atoms with Crippen LogP contribution in [0.1, 0.15) is 59.8 Å². The molecule has 1 aromatic carbocycles. The van der Waals surface area contributed by atoms with Crippen LogP contribution in [0.3, 0.4) is 0 Å². The third-order valence-corrected chi connectivity index (χ3v) is 6.23. The Labute approximate surface area is 178 Å². The summed E-state index contributed by atoms with van der Waals surface area (Å²) in [5.74, 6) is 0.378. The van der Waals surface area contributed by atoms with Gasteiger partial charge in [-0.15, -0.1) is 0 Å². The van der Waals surface area contributed by atoms with E-state index in [1.165, 1.54) is 0 Å². The summed E-state index contributed by atoms with van der Waals surface area (Å²) >= 11 is 0. The molecule has 0 aromatic heterocycles. The summed E-state index contributed by atoms with van der Waals surface area (Å²) in [5, 5.41) is 5.65. The van der Waals surface area contributed by atoms with Crippen LogP contribution in [0.15, 0.2) is 24.3 Å². The molecule has 2 aliphatic rings. The van der Waals surface area contributed by atoms with Crippen molar-refractivity contribution >= 4 is 23.5 Å². The normalized spacial score (nSPS) is 24.1. The number of hydrogen-bond donors (Lipinski definition) is 2. The largest absolute Gasteiger partial charge is 0.491 e. The summed E-state index contributed by atoms with van der Waals surface area (Å²) in [6.45, 7) is 8.87. The first kappa shape index (κ1) is 22.1. The Morgan fingerprint density at radius 2 is 1.90 bits per heavy atom. The average Bonchev–Trinajstić information content (AvgIpc) is 2.91. The summed E-state index contributed by atoms with van der Waals surface area (Å²) in [7, 11) is 0. The van der Waals surface area contributed by atoms with Crippen molar-refractivity contribution in [3.63, 3.8) is 0 Å². The Hall–Kier alpha value is -2.57. The van der Waals surface area contributed by atoms with Gasteiger partial charge in [0.1, 0.15) is 17.8 Å². The maximum absolute atomic E-state index is 13.1. The van der Waals surface area contributed by atoms with Crippen molar-refractivity contribution in [2.24, 2.45) is 11.3 Å². The fourth-order valence-corrected chi connectivity index (χ4v) is 4.38. The van der Waals surface area contributed by atoms with Crippen molar-refractivity contribution in [2.45, 2.75) is 65.3 Å². The quantitative estimate of drug-likeness (QED) is 0.689. The second-order valence-corrected chi connectivity index (χ2v) is 9.44. The minimum absolute atomic E-state index is 0.181. The Bertz CT molecular complexity index is 807. The molecule has 0 atom stereocenters. The number of para-hydroxylation sites is 2. The van der Waals surface area contributed by atoms with E-state index in [9.17, 15) is 14.4 Å². The Morgan fingerprint density at radius 3 is 2.53 bits per heavy atom. The van der Waals surface area contributed by atoms with Crippen LogP contribution in [0, 0.1) is 11.3 Å². The highest BCUT2D eigenvalue weighted by Crippen LogP contribution is 2.43. The van der Waals surface area contributed by atoms with Crippen LogP contribution in [-0.4, -0.2) is 41.4 Å². The first-order valence-electron chi connectivity index (χ1n) is 10.8. The molecule has 4 amide bonds. The van der Waals surface area contributed by atoms with E-state index in [4.69, 9.17) is 4.74 Å². The molecule has 1 spiro atoms. The topological polar surface area (TPSA) is 87.7 Å². The zero-order valence-corrected chi connectivity index (χ0v) is 18.4. The van der Waals surface area contributed by atoms with E-state index >= 15 is 0 Å². The van der Waals surface area contributed by atoms with Gasteiger partial charge < -0.3 is 15.4 Å². The molecule has 1 saturated carbocycles. The number of benzene rings is 1. The lowest BCUT2D eigenvalue weighted by atomic mass is 9.67. The van der Waals surface area contributed by atoms with Crippen LogP contribution in [-0.2, 0) is 9.59 Å². The summed E-state index contributed by atoms with van der Waals surface area (Å²) in [5.41, 5.74) is -0.148. The molecule has 0 unspecified atom stereocenters. The van der Waals surface area contributed by atoms with Crippen LogP contribution in [0.5, 0.6) is 5.75 Å². The molecule has 1 heterocycles. The monoisotopic (exact) mass is 415 g/mol. The van der Waals surface area contributed by atoms with E-state index in [2.05, 4.69) is 31.4 Å². The summed E-state index contributed by atoms with van der Waals surface area (Å²) in [4.78, 5) is 39.2. The third kappa shape index (κ3) is 4.60. The van der Waals surface area contributed by atoms with Gasteiger partial charge in [0.25, 0.3) is 5.91 Å². The van der Waals surface area contributed by atoms with Crippen LogP contribution >= 0.6 is 0 Å². The second kappa shape index (κ2) is 8.66. The molecule has 3 rings (SSSR count). The predicted octanol–water partition coefficient (Wildman–Crippen LogP) is 3.94. The van der Waals surface area contributed by atoms with Crippen molar-refractivity contribution in [3.05, 3.63) is 24.3 Å². The molecule has 1 aromatic rings. The Kier molecular flexibility index (Phi) is 6.38. The number of amides is 4. The molecule has 2 N–H and O–H groups in total. The van der Waals surface area contributed by atoms with Gasteiger partial charge in [0.2, 0.25) is 5.91 Å². The molecular formula is C23H33N3O4. The third-order valence-electron chi connectivity index (χ3n) is 6.23. The second-order valence-electron chi connectivity index (χ2n) is 9.44. The molecule has 1 saturated heterocycles. The number of nitrogens with one attached hydrogen (secondary N) is 2. The van der Waals surface area contributed by atoms with E-state index < -0.39 is 17.5 Å². The number of urea groups is 1. The van der Waals surface area contributed by atoms with E-state index in [-0.39, 0.29) is 17.9 Å². The number of imide groups is 1. The molecule has 0 bridgehead atoms. The molecule has 7 heteroatoms. The summed E-state index contributed by atoms with van der Waals surface area (Å²) < 4.78 is 5.65. The SMILES string of the molecule is CCCOc1ccccc1NC(=O)CN1C(=O)NC2(CCC(C(C)(C)C)CC2)C1=O. The minimum Gasteiger partial charge on any atom is -0.491 e. The highest BCUT2D eigenvalue weighted by molar-refractivity contribution is 6.10. The van der Waals surface area contributed by atoms with E-state index in [1.807, 2.05) is 13.0 Å². The number of nitrogens with zero attached hydrogens (tertiary/aromatic N) is 1. The van der Waals surface area contributed by atoms with Crippen molar-refractivity contribution in [1.82, 2.24) is 10.2 Å². The molecular weight excluding hydrogens is 382 g/mol. The molecule has 1 aliphatic carbocycles. The van der Waals surface area contributed by atoms with Crippen molar-refractivity contribution in [2.75, 3.05) is 18.5 Å². The summed E-state index contributed by atoms with van der Waals surface area (Å²) in [6, 6.07) is 6.66. The van der Waals surface area contributed by atoms with E-state index in [0.717, 1.165) is 24.2 Å². The minimum atomic E-state index is -0.860. The van der Waals surface area contributed by atoms with Gasteiger partial charge in [0, 0.05) is 0 Å². The number of carbonyl (C=O) groups excluding carboxylic acids is 3. The lowest BCUT2D eigenvalue weighted by molar-refractivity contribution is -0.135. The average molecular weight is 416 g/mol. The molecule has 0 radical (unpaired) electrons. The maximum Gasteiger partial charge on any atom is 0.325 e. The smallest absolute Gasteiger partial charge is 0.325 e. The predicted molar refractivity (Wildman–Crippen MR) is 115 cm³/mol. The molecule has 1 aliphatic heterocycles. The number of anilines is 1. The number of hydrogen-bond acceptors (Lipinski definition) is 4. The standard InChI is InChI=1S/C23H33N3O4/c1-5-14-30-18-9-7-6-8-17(18)24-19(27)15-26-20(28)23(25-21(26)29)12-10-16(11-13-23)22(2,3)4/h6-9,16H,5,10-15H2,1-4H3,(H,24,27)(H,25,29). The van der Waals surface area contributed by atoms with E-state index in [0.29, 0.717) is 36.8 Å². The molecule has 164 valence electrons. The van der Waals surface area contributed by atoms with Crippen molar-refractivity contribution in [1.29, 1.82) is 0 Å². The van der Waals surface area contributed by atoms with E-state index in [1.54, 1.807) is 18.2 Å². The fourth-order valence-electron chi connectivity index (χ4n) is 4.38. The van der Waals surface area contributed by atoms with Crippen LogP contribution in [0.2, 0.25) is 0 Å². The van der Waals surface area contributed by atoms with Crippen LogP contribution in [0.25, 0.3) is 0 Å². The van der Waals surface area contributed by atoms with Gasteiger partial charge in [-0.3, -0.25) is 14.5 Å². The number of carbonyl (C=O) groups is 3. The van der Waals surface area contributed by atoms with Gasteiger partial charge in [0.15, 0.2) is 0 Å². The van der Waals surface area contributed by atoms with Gasteiger partial charge in [-0.25, -0.2) is 4.79 Å². The van der Waals surface area contributed by atoms with Gasteiger partial charge >= 0.3 is 6.03 Å². The molecule has 30 heavy (non-hydrogen) atoms. The Morgan fingerprint density at radius 1 is 1.23 bits per heavy atom. The first-order valence-corrected chi connectivity index (χ1v) is 10.8. The Balaban J connectivity index is 1.63. The van der Waals surface area contributed by atoms with Gasteiger partial charge in [-0.2, -0.15) is 0 Å². The maximum atomic E-state index is 13.1. The first-order chi connectivity index (χ1) is 14.2. The van der Waals surface area contributed by atoms with Gasteiger partial charge in [-0.1, -0.05) is 39.8 Å². The number of rotatable bonds is 6. The molecule has 7 nitrogen and oxygen atoms in total. The zero-order valence-electron chi connectivity index (χ0n) is 18.4. The lowest BCUT2D eigenvalue weighted by Crippen LogP contribution is -2.50. The highest BCUT2D eigenvalue weighted by atomic mass is 16.5. The highest BCUT2D eigenvalue weighted by Gasteiger charge is 2.53. The van der Waals surface area contributed by atoms with Crippen molar-refractivity contribution < 1.29 is 19.1 Å². The van der Waals surface area contributed by atoms with Crippen LogP contribution < -0.4 is 15.4 Å². The number of ether oxygens (including phenoxy) is 1. The lowest BCUT2D eigenvalue weighted by Gasteiger charge is -2.40. The van der Waals surface area contributed by atoms with Gasteiger partial charge in [-0.05, 0) is 55.6 Å². The van der Waals surface area contributed by atoms with Crippen molar-refractivity contribution in [3.8, 4) is 5.75 Å². The van der Waals surface area contributed by atoms with Gasteiger partial charge in [0.05, 0.1) is 12.3 Å². The van der Waals surface area contributed by atoms with Crippen LogP contribution in [0.4, 0.5) is 10.5 Å². The zero-order chi connectivity index (χ0) is 21.9. The molecule has 2 fully saturated rings. The fraction of sp³-hybridized carbons (Fsp3) is 0.609.